The number of fused-ring (bicyclic) bond motifs is 1. The van der Waals surface area contributed by atoms with Crippen molar-refractivity contribution >= 4 is 28.5 Å². The zero-order chi connectivity index (χ0) is 23.4. The van der Waals surface area contributed by atoms with Gasteiger partial charge in [0.05, 0.1) is 16.5 Å². The number of ether oxygens (including phenoxy) is 1. The van der Waals surface area contributed by atoms with Crippen LogP contribution in [0.1, 0.15) is 42.4 Å². The van der Waals surface area contributed by atoms with Crippen LogP contribution in [0.5, 0.6) is 5.75 Å². The number of ketones is 1. The van der Waals surface area contributed by atoms with E-state index < -0.39 is 29.9 Å². The summed E-state index contributed by atoms with van der Waals surface area (Å²) < 4.78 is 7.92. The molecule has 0 aliphatic rings. The van der Waals surface area contributed by atoms with Crippen LogP contribution in [0.25, 0.3) is 10.9 Å². The molecule has 168 valence electrons. The first-order chi connectivity index (χ1) is 15.2. The molecule has 8 nitrogen and oxygen atoms in total. The lowest BCUT2D eigenvalue weighted by Crippen LogP contribution is -2.43. The molecule has 1 heterocycles. The minimum atomic E-state index is -1.25. The van der Waals surface area contributed by atoms with Gasteiger partial charge in [-0.05, 0) is 31.0 Å². The number of aliphatic hydroxyl groups excluding tert-OH is 1. The average molecular weight is 437 g/mol. The number of Topliss-reactive ketones (excluding diaryl/α,β-unsaturated/α-hetero) is 1. The smallest absolute Gasteiger partial charge is 0.289 e. The molecule has 2 amide bonds. The number of amides is 2. The Morgan fingerprint density at radius 2 is 1.81 bits per heavy atom. The van der Waals surface area contributed by atoms with Crippen LogP contribution >= 0.6 is 0 Å². The minimum Gasteiger partial charge on any atom is -0.485 e. The number of aliphatic hydroxyl groups is 1. The van der Waals surface area contributed by atoms with Crippen molar-refractivity contribution < 1.29 is 24.2 Å². The maximum Gasteiger partial charge on any atom is 0.289 e. The molecule has 0 aliphatic heterocycles. The van der Waals surface area contributed by atoms with Gasteiger partial charge in [0.15, 0.2) is 6.23 Å². The van der Waals surface area contributed by atoms with Gasteiger partial charge in [-0.25, -0.2) is 0 Å². The number of hydrogen-bond acceptors (Lipinski definition) is 5. The molecule has 0 saturated carbocycles. The molecule has 0 aliphatic carbocycles. The van der Waals surface area contributed by atoms with Gasteiger partial charge < -0.3 is 25.5 Å². The molecule has 8 heteroatoms. The molecule has 0 saturated heterocycles. The standard InChI is InChI=1S/C24H27N3O5/c1-4-17-21(22(29)23(25)30)20-18(27(17)13-16-9-6-5-7-10-16)11-8-12-19(20)32-14(2)24(31)26-15(3)28/h5-12,14,24,31H,4,13H2,1-3H3,(H2,25,30)(H,26,28). The van der Waals surface area contributed by atoms with E-state index in [9.17, 15) is 19.5 Å². The SMILES string of the molecule is CCc1c(C(=O)C(N)=O)c2c(OC(C)C(O)NC(C)=O)cccc2n1Cc1ccccc1. The van der Waals surface area contributed by atoms with Gasteiger partial charge in [-0.15, -0.1) is 0 Å². The van der Waals surface area contributed by atoms with Crippen molar-refractivity contribution in [2.45, 2.75) is 46.1 Å². The summed E-state index contributed by atoms with van der Waals surface area (Å²) in [5, 5.41) is 13.0. The van der Waals surface area contributed by atoms with E-state index in [2.05, 4.69) is 5.32 Å². The Labute approximate surface area is 186 Å². The highest BCUT2D eigenvalue weighted by Gasteiger charge is 2.28. The highest BCUT2D eigenvalue weighted by atomic mass is 16.5. The quantitative estimate of drug-likeness (QED) is 0.269. The summed E-state index contributed by atoms with van der Waals surface area (Å²) in [6.07, 6.45) is -1.59. The first-order valence-corrected chi connectivity index (χ1v) is 10.4. The van der Waals surface area contributed by atoms with E-state index in [-0.39, 0.29) is 5.56 Å². The third-order valence-electron chi connectivity index (χ3n) is 5.24. The number of nitrogens with zero attached hydrogens (tertiary/aromatic N) is 1. The molecule has 0 bridgehead atoms. The summed E-state index contributed by atoms with van der Waals surface area (Å²) in [5.41, 5.74) is 7.96. The van der Waals surface area contributed by atoms with Crippen LogP contribution in [0.3, 0.4) is 0 Å². The van der Waals surface area contributed by atoms with Crippen LogP contribution < -0.4 is 15.8 Å². The van der Waals surface area contributed by atoms with Crippen LogP contribution in [-0.2, 0) is 22.6 Å². The Morgan fingerprint density at radius 1 is 1.12 bits per heavy atom. The number of nitrogens with two attached hydrogens (primary N) is 1. The van der Waals surface area contributed by atoms with Gasteiger partial charge in [0.1, 0.15) is 11.9 Å². The molecule has 3 rings (SSSR count). The van der Waals surface area contributed by atoms with E-state index in [0.717, 1.165) is 5.56 Å². The number of carbonyl (C=O) groups excluding carboxylic acids is 3. The van der Waals surface area contributed by atoms with Gasteiger partial charge in [-0.1, -0.05) is 43.3 Å². The molecule has 2 unspecified atom stereocenters. The maximum absolute atomic E-state index is 12.9. The molecular formula is C24H27N3O5. The van der Waals surface area contributed by atoms with E-state index in [4.69, 9.17) is 10.5 Å². The van der Waals surface area contributed by atoms with E-state index in [0.29, 0.717) is 35.3 Å². The Bertz CT molecular complexity index is 1150. The molecule has 0 radical (unpaired) electrons. The number of hydrogen-bond donors (Lipinski definition) is 3. The number of aromatic nitrogens is 1. The predicted octanol–water partition coefficient (Wildman–Crippen LogP) is 2.14. The second-order valence-electron chi connectivity index (χ2n) is 7.56. The number of nitrogens with one attached hydrogen (secondary N) is 1. The van der Waals surface area contributed by atoms with E-state index in [1.54, 1.807) is 19.1 Å². The van der Waals surface area contributed by atoms with Crippen LogP contribution in [0, 0.1) is 0 Å². The van der Waals surface area contributed by atoms with Crippen LogP contribution in [0.15, 0.2) is 48.5 Å². The van der Waals surface area contributed by atoms with Gasteiger partial charge in [-0.2, -0.15) is 0 Å². The average Bonchev–Trinajstić information content (AvgIpc) is 3.07. The van der Waals surface area contributed by atoms with Gasteiger partial charge in [-0.3, -0.25) is 14.4 Å². The van der Waals surface area contributed by atoms with Crippen molar-refractivity contribution in [3.8, 4) is 5.75 Å². The lowest BCUT2D eigenvalue weighted by Gasteiger charge is -2.21. The molecule has 32 heavy (non-hydrogen) atoms. The maximum atomic E-state index is 12.9. The Morgan fingerprint density at radius 3 is 2.41 bits per heavy atom. The summed E-state index contributed by atoms with van der Waals surface area (Å²) in [5.74, 6) is -1.95. The van der Waals surface area contributed by atoms with Crippen molar-refractivity contribution in [2.24, 2.45) is 5.73 Å². The monoisotopic (exact) mass is 437 g/mol. The summed E-state index contributed by atoms with van der Waals surface area (Å²) in [4.78, 5) is 36.0. The molecule has 2 atom stereocenters. The first kappa shape index (κ1) is 23.0. The molecular weight excluding hydrogens is 410 g/mol. The lowest BCUT2D eigenvalue weighted by atomic mass is 10.0. The second-order valence-corrected chi connectivity index (χ2v) is 7.56. The van der Waals surface area contributed by atoms with Crippen LogP contribution in [-0.4, -0.2) is 39.6 Å². The fraction of sp³-hybridized carbons (Fsp3) is 0.292. The number of carbonyl (C=O) groups is 3. The number of rotatable bonds is 9. The minimum absolute atomic E-state index is 0.197. The Kier molecular flexibility index (Phi) is 6.95. The Balaban J connectivity index is 2.19. The molecule has 3 aromatic rings. The van der Waals surface area contributed by atoms with Gasteiger partial charge in [0.25, 0.3) is 11.7 Å². The summed E-state index contributed by atoms with van der Waals surface area (Å²) in [6.45, 7) is 5.27. The largest absolute Gasteiger partial charge is 0.485 e. The third-order valence-corrected chi connectivity index (χ3v) is 5.24. The summed E-state index contributed by atoms with van der Waals surface area (Å²) in [6, 6.07) is 15.0. The first-order valence-electron chi connectivity index (χ1n) is 10.4. The van der Waals surface area contributed by atoms with Crippen LogP contribution in [0.2, 0.25) is 0 Å². The van der Waals surface area contributed by atoms with E-state index in [1.165, 1.54) is 6.92 Å². The fourth-order valence-corrected chi connectivity index (χ4v) is 3.79. The van der Waals surface area contributed by atoms with Crippen molar-refractivity contribution in [2.75, 3.05) is 0 Å². The van der Waals surface area contributed by atoms with Crippen LogP contribution in [0.4, 0.5) is 0 Å². The van der Waals surface area contributed by atoms with Gasteiger partial charge in [0, 0.05) is 19.2 Å². The van der Waals surface area contributed by atoms with Crippen molar-refractivity contribution in [1.29, 1.82) is 0 Å². The molecule has 4 N–H and O–H groups in total. The van der Waals surface area contributed by atoms with Gasteiger partial charge in [0.2, 0.25) is 5.91 Å². The van der Waals surface area contributed by atoms with E-state index in [1.807, 2.05) is 47.9 Å². The third kappa shape index (κ3) is 4.65. The molecule has 2 aromatic carbocycles. The molecule has 0 fully saturated rings. The van der Waals surface area contributed by atoms with Gasteiger partial charge >= 0.3 is 0 Å². The molecule has 0 spiro atoms. The van der Waals surface area contributed by atoms with Crippen molar-refractivity contribution in [3.63, 3.8) is 0 Å². The second kappa shape index (κ2) is 9.65. The highest BCUT2D eigenvalue weighted by Crippen LogP contribution is 2.36. The summed E-state index contributed by atoms with van der Waals surface area (Å²) >= 11 is 0. The Hall–Kier alpha value is -3.65. The highest BCUT2D eigenvalue weighted by molar-refractivity contribution is 6.45. The number of benzene rings is 2. The number of primary amides is 1. The zero-order valence-corrected chi connectivity index (χ0v) is 18.3. The fourth-order valence-electron chi connectivity index (χ4n) is 3.79. The molecule has 1 aromatic heterocycles. The normalized spacial score (nSPS) is 12.9. The predicted molar refractivity (Wildman–Crippen MR) is 120 cm³/mol. The van der Waals surface area contributed by atoms with E-state index >= 15 is 0 Å². The lowest BCUT2D eigenvalue weighted by molar-refractivity contribution is -0.123. The van der Waals surface area contributed by atoms with Crippen molar-refractivity contribution in [3.05, 3.63) is 65.4 Å². The summed E-state index contributed by atoms with van der Waals surface area (Å²) in [7, 11) is 0. The zero-order valence-electron chi connectivity index (χ0n) is 18.3. The van der Waals surface area contributed by atoms with Crippen molar-refractivity contribution in [1.82, 2.24) is 9.88 Å². The topological polar surface area (TPSA) is 124 Å².